The minimum atomic E-state index is -1.17. The Bertz CT molecular complexity index is 472. The van der Waals surface area contributed by atoms with E-state index >= 15 is 0 Å². The van der Waals surface area contributed by atoms with Crippen molar-refractivity contribution in [3.8, 4) is 0 Å². The van der Waals surface area contributed by atoms with Crippen LogP contribution in [0.1, 0.15) is 17.5 Å². The molecule has 2 N–H and O–H groups in total. The Balaban J connectivity index is 2.49. The zero-order valence-corrected chi connectivity index (χ0v) is 9.37. The van der Waals surface area contributed by atoms with Crippen LogP contribution in [0.25, 0.3) is 0 Å². The van der Waals surface area contributed by atoms with Crippen LogP contribution < -0.4 is 5.32 Å². The number of fused-ring (bicyclic) bond motifs is 1. The lowest BCUT2D eigenvalue weighted by molar-refractivity contribution is -0.145. The second-order valence-corrected chi connectivity index (χ2v) is 4.15. The molecule has 1 aromatic carbocycles. The van der Waals surface area contributed by atoms with E-state index in [4.69, 9.17) is 0 Å². The van der Waals surface area contributed by atoms with E-state index in [0.29, 0.717) is 30.5 Å². The molecule has 3 nitrogen and oxygen atoms in total. The Hall–Kier alpha value is -1.68. The third kappa shape index (κ3) is 1.74. The summed E-state index contributed by atoms with van der Waals surface area (Å²) >= 11 is 0. The topological polar surface area (TPSA) is 49.3 Å². The first-order chi connectivity index (χ1) is 8.12. The van der Waals surface area contributed by atoms with Crippen molar-refractivity contribution in [3.05, 3.63) is 47.8 Å². The molecule has 0 saturated carbocycles. The summed E-state index contributed by atoms with van der Waals surface area (Å²) in [5.41, 5.74) is -0.135. The molecule has 0 bridgehead atoms. The van der Waals surface area contributed by atoms with Gasteiger partial charge in [-0.3, -0.25) is 5.32 Å². The maximum Gasteiger partial charge on any atom is 0.328 e. The highest BCUT2D eigenvalue weighted by molar-refractivity contribution is 5.82. The van der Waals surface area contributed by atoms with Crippen LogP contribution in [0.5, 0.6) is 0 Å². The normalized spacial score (nSPS) is 22.2. The van der Waals surface area contributed by atoms with E-state index in [0.717, 1.165) is 0 Å². The van der Waals surface area contributed by atoms with Crippen LogP contribution in [0.3, 0.4) is 0 Å². The van der Waals surface area contributed by atoms with Crippen molar-refractivity contribution in [2.24, 2.45) is 0 Å². The number of benzene rings is 1. The third-order valence-corrected chi connectivity index (χ3v) is 3.24. The predicted octanol–water partition coefficient (Wildman–Crippen LogP) is 1.83. The van der Waals surface area contributed by atoms with E-state index in [2.05, 4.69) is 11.9 Å². The Morgan fingerprint density at radius 2 is 2.41 bits per heavy atom. The zero-order chi connectivity index (χ0) is 12.5. The lowest BCUT2D eigenvalue weighted by Crippen LogP contribution is -2.47. The average molecular weight is 235 g/mol. The van der Waals surface area contributed by atoms with E-state index < -0.39 is 11.5 Å². The summed E-state index contributed by atoms with van der Waals surface area (Å²) in [6, 6.07) is 4.59. The Morgan fingerprint density at radius 1 is 1.65 bits per heavy atom. The number of rotatable bonds is 4. The molecule has 1 atom stereocenters. The van der Waals surface area contributed by atoms with Crippen molar-refractivity contribution >= 4 is 5.97 Å². The van der Waals surface area contributed by atoms with E-state index in [-0.39, 0.29) is 5.82 Å². The summed E-state index contributed by atoms with van der Waals surface area (Å²) in [7, 11) is 0. The lowest BCUT2D eigenvalue weighted by Gasteiger charge is -2.26. The molecule has 1 aliphatic rings. The quantitative estimate of drug-likeness (QED) is 0.783. The van der Waals surface area contributed by atoms with Gasteiger partial charge in [-0.15, -0.1) is 6.58 Å². The highest BCUT2D eigenvalue weighted by atomic mass is 19.1. The Labute approximate surface area is 99.0 Å². The minimum Gasteiger partial charge on any atom is -0.480 e. The molecule has 1 aromatic rings. The van der Waals surface area contributed by atoms with E-state index in [1.165, 1.54) is 6.07 Å². The minimum absolute atomic E-state index is 0.328. The fourth-order valence-corrected chi connectivity index (χ4v) is 2.39. The molecule has 0 fully saturated rings. The van der Waals surface area contributed by atoms with Crippen LogP contribution in [0.15, 0.2) is 30.9 Å². The standard InChI is InChI=1S/C13H14FNO2/c1-2-8-15-13(12(16)17)7-6-9-10(13)4-3-5-11(9)14/h2-5,15H,1,6-8H2,(H,16,17). The summed E-state index contributed by atoms with van der Waals surface area (Å²) in [4.78, 5) is 11.5. The summed E-state index contributed by atoms with van der Waals surface area (Å²) in [5, 5.41) is 12.4. The monoisotopic (exact) mass is 235 g/mol. The van der Waals surface area contributed by atoms with Crippen molar-refractivity contribution < 1.29 is 14.3 Å². The van der Waals surface area contributed by atoms with Gasteiger partial charge in [-0.25, -0.2) is 9.18 Å². The van der Waals surface area contributed by atoms with Gasteiger partial charge in [-0.2, -0.15) is 0 Å². The fourth-order valence-electron chi connectivity index (χ4n) is 2.39. The van der Waals surface area contributed by atoms with Gasteiger partial charge in [-0.05, 0) is 30.0 Å². The third-order valence-electron chi connectivity index (χ3n) is 3.24. The van der Waals surface area contributed by atoms with Crippen LogP contribution in [0, 0.1) is 5.82 Å². The van der Waals surface area contributed by atoms with Crippen LogP contribution >= 0.6 is 0 Å². The molecular weight excluding hydrogens is 221 g/mol. The summed E-state index contributed by atoms with van der Waals surface area (Å²) < 4.78 is 13.6. The molecule has 0 spiro atoms. The Kier molecular flexibility index (Phi) is 2.98. The van der Waals surface area contributed by atoms with Crippen molar-refractivity contribution in [2.45, 2.75) is 18.4 Å². The molecule has 0 heterocycles. The van der Waals surface area contributed by atoms with Gasteiger partial charge in [0, 0.05) is 6.54 Å². The lowest BCUT2D eigenvalue weighted by atomic mass is 9.91. The smallest absolute Gasteiger partial charge is 0.328 e. The molecule has 0 amide bonds. The van der Waals surface area contributed by atoms with Crippen molar-refractivity contribution in [2.75, 3.05) is 6.54 Å². The summed E-state index contributed by atoms with van der Waals surface area (Å²) in [6.45, 7) is 3.93. The zero-order valence-electron chi connectivity index (χ0n) is 9.37. The van der Waals surface area contributed by atoms with Crippen molar-refractivity contribution in [1.29, 1.82) is 0 Å². The van der Waals surface area contributed by atoms with Gasteiger partial charge >= 0.3 is 5.97 Å². The molecule has 90 valence electrons. The van der Waals surface area contributed by atoms with E-state index in [9.17, 15) is 14.3 Å². The molecular formula is C13H14FNO2. The molecule has 0 saturated heterocycles. The van der Waals surface area contributed by atoms with Gasteiger partial charge in [0.25, 0.3) is 0 Å². The first kappa shape index (κ1) is 11.8. The molecule has 17 heavy (non-hydrogen) atoms. The Morgan fingerprint density at radius 3 is 3.06 bits per heavy atom. The highest BCUT2D eigenvalue weighted by Gasteiger charge is 2.45. The van der Waals surface area contributed by atoms with Crippen LogP contribution in [-0.4, -0.2) is 17.6 Å². The van der Waals surface area contributed by atoms with Crippen molar-refractivity contribution in [1.82, 2.24) is 5.32 Å². The number of halogens is 1. The van der Waals surface area contributed by atoms with Crippen LogP contribution in [-0.2, 0) is 16.8 Å². The first-order valence-corrected chi connectivity index (χ1v) is 5.49. The van der Waals surface area contributed by atoms with Gasteiger partial charge in [0.15, 0.2) is 0 Å². The second-order valence-electron chi connectivity index (χ2n) is 4.15. The van der Waals surface area contributed by atoms with Crippen molar-refractivity contribution in [3.63, 3.8) is 0 Å². The van der Waals surface area contributed by atoms with Crippen LogP contribution in [0.4, 0.5) is 4.39 Å². The average Bonchev–Trinajstić information content (AvgIpc) is 2.68. The number of carboxylic acids is 1. The predicted molar refractivity (Wildman–Crippen MR) is 62.2 cm³/mol. The molecule has 1 aliphatic carbocycles. The number of hydrogen-bond donors (Lipinski definition) is 2. The largest absolute Gasteiger partial charge is 0.480 e. The molecule has 1 unspecified atom stereocenters. The SMILES string of the molecule is C=CCNC1(C(=O)O)CCc2c(F)cccc21. The molecule has 4 heteroatoms. The van der Waals surface area contributed by atoms with Crippen LogP contribution in [0.2, 0.25) is 0 Å². The molecule has 0 radical (unpaired) electrons. The molecule has 0 aliphatic heterocycles. The van der Waals surface area contributed by atoms with Gasteiger partial charge in [0.1, 0.15) is 11.4 Å². The van der Waals surface area contributed by atoms with Gasteiger partial charge < -0.3 is 5.11 Å². The van der Waals surface area contributed by atoms with E-state index in [1.54, 1.807) is 18.2 Å². The maximum atomic E-state index is 13.6. The first-order valence-electron chi connectivity index (χ1n) is 5.49. The second kappa shape index (κ2) is 4.30. The number of hydrogen-bond acceptors (Lipinski definition) is 2. The number of nitrogens with one attached hydrogen (secondary N) is 1. The van der Waals surface area contributed by atoms with Gasteiger partial charge in [0.2, 0.25) is 0 Å². The maximum absolute atomic E-state index is 13.6. The van der Waals surface area contributed by atoms with E-state index in [1.807, 2.05) is 0 Å². The fraction of sp³-hybridized carbons (Fsp3) is 0.308. The number of aliphatic carboxylic acids is 1. The molecule has 0 aromatic heterocycles. The number of carbonyl (C=O) groups is 1. The van der Waals surface area contributed by atoms with Gasteiger partial charge in [-0.1, -0.05) is 18.2 Å². The molecule has 2 rings (SSSR count). The summed E-state index contributed by atoms with van der Waals surface area (Å²) in [5.74, 6) is -1.30. The van der Waals surface area contributed by atoms with Gasteiger partial charge in [0.05, 0.1) is 0 Å². The number of carboxylic acid groups (broad SMARTS) is 1. The highest BCUT2D eigenvalue weighted by Crippen LogP contribution is 2.38. The summed E-state index contributed by atoms with van der Waals surface area (Å²) in [6.07, 6.45) is 2.41.